The van der Waals surface area contributed by atoms with Crippen LogP contribution in [0.3, 0.4) is 0 Å². The number of aliphatic hydroxyl groups excluding tert-OH is 2. The van der Waals surface area contributed by atoms with Gasteiger partial charge in [0.2, 0.25) is 5.91 Å². The highest BCUT2D eigenvalue weighted by atomic mass is 19.4. The molecule has 0 fully saturated rings. The molecule has 2 aromatic rings. The van der Waals surface area contributed by atoms with Gasteiger partial charge >= 0.3 is 6.36 Å². The average Bonchev–Trinajstić information content (AvgIpc) is 2.81. The van der Waals surface area contributed by atoms with Gasteiger partial charge in [-0.2, -0.15) is 0 Å². The second kappa shape index (κ2) is 11.9. The molecule has 0 aliphatic rings. The summed E-state index contributed by atoms with van der Waals surface area (Å²) >= 11 is 0. The van der Waals surface area contributed by atoms with Crippen molar-refractivity contribution in [3.63, 3.8) is 0 Å². The lowest BCUT2D eigenvalue weighted by Crippen LogP contribution is -2.25. The predicted octanol–water partition coefficient (Wildman–Crippen LogP) is 4.53. The van der Waals surface area contributed by atoms with Gasteiger partial charge in [0.1, 0.15) is 11.9 Å². The Hall–Kier alpha value is -3.37. The molecule has 0 aliphatic heterocycles. The molecule has 0 bridgehead atoms. The van der Waals surface area contributed by atoms with Crippen LogP contribution >= 0.6 is 0 Å². The van der Waals surface area contributed by atoms with Crippen LogP contribution in [-0.2, 0) is 11.3 Å². The summed E-state index contributed by atoms with van der Waals surface area (Å²) in [6.45, 7) is 8.47. The number of anilines is 1. The molecular weight excluding hydrogens is 463 g/mol. The molecule has 35 heavy (non-hydrogen) atoms. The number of nitrogens with one attached hydrogen (secondary N) is 1. The number of benzene rings is 1. The van der Waals surface area contributed by atoms with Gasteiger partial charge < -0.3 is 25.2 Å². The van der Waals surface area contributed by atoms with E-state index in [0.29, 0.717) is 33.8 Å². The number of aliphatic hydroxyl groups is 2. The number of allylic oxidation sites excluding steroid dienone is 1. The van der Waals surface area contributed by atoms with E-state index in [4.69, 9.17) is 0 Å². The molecule has 0 saturated carbocycles. The van der Waals surface area contributed by atoms with Gasteiger partial charge in [-0.05, 0) is 56.2 Å². The fourth-order valence-corrected chi connectivity index (χ4v) is 3.59. The van der Waals surface area contributed by atoms with Crippen LogP contribution in [0, 0.1) is 6.92 Å². The number of halogens is 3. The van der Waals surface area contributed by atoms with Crippen molar-refractivity contribution in [3.05, 3.63) is 65.5 Å². The van der Waals surface area contributed by atoms with Gasteiger partial charge in [-0.3, -0.25) is 9.78 Å². The first kappa shape index (κ1) is 27.9. The largest absolute Gasteiger partial charge is 0.573 e. The number of carbonyl (C=O) groups excluding carboxylic acids is 1. The zero-order valence-corrected chi connectivity index (χ0v) is 20.1. The maximum absolute atomic E-state index is 12.6. The summed E-state index contributed by atoms with van der Waals surface area (Å²) < 4.78 is 41.6. The lowest BCUT2D eigenvalue weighted by Gasteiger charge is -2.28. The van der Waals surface area contributed by atoms with Gasteiger partial charge in [-0.25, -0.2) is 0 Å². The van der Waals surface area contributed by atoms with Crippen LogP contribution in [0.2, 0.25) is 0 Å². The second-order valence-electron chi connectivity index (χ2n) is 7.93. The molecule has 0 spiro atoms. The predicted molar refractivity (Wildman–Crippen MR) is 128 cm³/mol. The van der Waals surface area contributed by atoms with Crippen LogP contribution in [0.25, 0.3) is 11.3 Å². The summed E-state index contributed by atoms with van der Waals surface area (Å²) in [5, 5.41) is 23.1. The first-order valence-electron chi connectivity index (χ1n) is 10.9. The van der Waals surface area contributed by atoms with Gasteiger partial charge in [0.15, 0.2) is 0 Å². The summed E-state index contributed by atoms with van der Waals surface area (Å²) in [4.78, 5) is 18.3. The number of hydrogen-bond acceptors (Lipinski definition) is 6. The van der Waals surface area contributed by atoms with Crippen molar-refractivity contribution in [2.24, 2.45) is 0 Å². The van der Waals surface area contributed by atoms with E-state index in [1.54, 1.807) is 18.9 Å². The fraction of sp³-hybridized carbons (Fsp3) is 0.360. The van der Waals surface area contributed by atoms with E-state index >= 15 is 0 Å². The number of alkyl halides is 3. The quantitative estimate of drug-likeness (QED) is 0.421. The van der Waals surface area contributed by atoms with Gasteiger partial charge in [0, 0.05) is 24.4 Å². The average molecular weight is 494 g/mol. The minimum absolute atomic E-state index is 0.0723. The third-order valence-electron chi connectivity index (χ3n) is 5.33. The molecule has 1 aromatic heterocycles. The Bertz CT molecular complexity index is 1080. The summed E-state index contributed by atoms with van der Waals surface area (Å²) in [6, 6.07) is 5.26. The SMILES string of the molecule is C=CC(=O)NCc1nc(-c2ccc(OC(F)(F)F)cc2)c(C)c(N(C)/C=C(\C)CC)c1C(O)CO. The molecule has 0 saturated heterocycles. The Morgan fingerprint density at radius 3 is 2.46 bits per heavy atom. The topological polar surface area (TPSA) is 94.9 Å². The molecule has 1 unspecified atom stereocenters. The first-order chi connectivity index (χ1) is 16.4. The second-order valence-corrected chi connectivity index (χ2v) is 7.93. The molecule has 1 heterocycles. The molecule has 1 amide bonds. The van der Waals surface area contributed by atoms with Crippen molar-refractivity contribution in [1.82, 2.24) is 10.3 Å². The van der Waals surface area contributed by atoms with Crippen LogP contribution < -0.4 is 15.0 Å². The Morgan fingerprint density at radius 1 is 1.31 bits per heavy atom. The third-order valence-corrected chi connectivity index (χ3v) is 5.33. The number of aromatic nitrogens is 1. The monoisotopic (exact) mass is 493 g/mol. The highest BCUT2D eigenvalue weighted by molar-refractivity contribution is 5.87. The van der Waals surface area contributed by atoms with E-state index in [9.17, 15) is 28.2 Å². The molecule has 1 aromatic carbocycles. The summed E-state index contributed by atoms with van der Waals surface area (Å²) in [5.74, 6) is -0.827. The van der Waals surface area contributed by atoms with Crippen LogP contribution in [0.15, 0.2) is 48.7 Å². The van der Waals surface area contributed by atoms with Gasteiger partial charge in [-0.1, -0.05) is 19.1 Å². The molecule has 7 nitrogen and oxygen atoms in total. The zero-order valence-electron chi connectivity index (χ0n) is 20.1. The number of carbonyl (C=O) groups is 1. The molecule has 3 N–H and O–H groups in total. The summed E-state index contributed by atoms with van der Waals surface area (Å²) in [7, 11) is 1.78. The molecular formula is C25H30F3N3O4. The fourth-order valence-electron chi connectivity index (χ4n) is 3.59. The van der Waals surface area contributed by atoms with E-state index in [-0.39, 0.29) is 12.3 Å². The maximum Gasteiger partial charge on any atom is 0.573 e. The van der Waals surface area contributed by atoms with E-state index < -0.39 is 25.0 Å². The number of amides is 1. The zero-order chi connectivity index (χ0) is 26.3. The highest BCUT2D eigenvalue weighted by Gasteiger charge is 2.31. The van der Waals surface area contributed by atoms with E-state index in [1.807, 2.05) is 20.0 Å². The van der Waals surface area contributed by atoms with Gasteiger partial charge in [0.05, 0.1) is 30.2 Å². The number of rotatable bonds is 10. The van der Waals surface area contributed by atoms with Crippen molar-refractivity contribution in [3.8, 4) is 17.0 Å². The Morgan fingerprint density at radius 2 is 1.94 bits per heavy atom. The molecule has 0 radical (unpaired) electrons. The van der Waals surface area contributed by atoms with Crippen molar-refractivity contribution in [2.75, 3.05) is 18.6 Å². The minimum atomic E-state index is -4.81. The van der Waals surface area contributed by atoms with Gasteiger partial charge in [-0.15, -0.1) is 13.2 Å². The molecule has 190 valence electrons. The molecule has 2 rings (SSSR count). The minimum Gasteiger partial charge on any atom is -0.406 e. The summed E-state index contributed by atoms with van der Waals surface area (Å²) in [5.41, 5.74) is 3.79. The Kier molecular flexibility index (Phi) is 9.44. The standard InChI is InChI=1S/C25H30F3N3O4/c1-6-15(3)13-31(5)24-16(4)23(17-8-10-18(11-9-17)35-25(26,27)28)30-19(12-29-21(34)7-2)22(24)20(33)14-32/h7-11,13,20,32-33H,2,6,12,14H2,1,3-5H3,(H,29,34)/b15-13+. The number of pyridine rings is 1. The summed E-state index contributed by atoms with van der Waals surface area (Å²) in [6.07, 6.45) is -2.35. The van der Waals surface area contributed by atoms with E-state index in [1.165, 1.54) is 24.3 Å². The lowest BCUT2D eigenvalue weighted by molar-refractivity contribution is -0.274. The van der Waals surface area contributed by atoms with E-state index in [2.05, 4.69) is 21.6 Å². The normalized spacial score (nSPS) is 12.8. The smallest absolute Gasteiger partial charge is 0.406 e. The van der Waals surface area contributed by atoms with E-state index in [0.717, 1.165) is 18.1 Å². The number of nitrogens with zero attached hydrogens (tertiary/aromatic N) is 2. The number of ether oxygens (including phenoxy) is 1. The van der Waals surface area contributed by atoms with Crippen LogP contribution in [0.5, 0.6) is 5.75 Å². The first-order valence-corrected chi connectivity index (χ1v) is 10.9. The van der Waals surface area contributed by atoms with Crippen molar-refractivity contribution in [1.29, 1.82) is 0 Å². The van der Waals surface area contributed by atoms with Crippen LogP contribution in [0.4, 0.5) is 18.9 Å². The molecule has 10 heteroatoms. The van der Waals surface area contributed by atoms with Crippen molar-refractivity contribution in [2.45, 2.75) is 46.2 Å². The highest BCUT2D eigenvalue weighted by Crippen LogP contribution is 2.38. The third kappa shape index (κ3) is 7.30. The maximum atomic E-state index is 12.6. The Balaban J connectivity index is 2.75. The lowest BCUT2D eigenvalue weighted by atomic mass is 9.96. The van der Waals surface area contributed by atoms with Crippen molar-refractivity contribution < 1.29 is 32.9 Å². The molecule has 1 atom stereocenters. The molecule has 0 aliphatic carbocycles. The van der Waals surface area contributed by atoms with Crippen LogP contribution in [-0.4, -0.2) is 41.1 Å². The van der Waals surface area contributed by atoms with Crippen LogP contribution in [0.1, 0.15) is 43.2 Å². The van der Waals surface area contributed by atoms with Gasteiger partial charge in [0.25, 0.3) is 0 Å². The number of hydrogen-bond donors (Lipinski definition) is 3. The van der Waals surface area contributed by atoms with Crippen molar-refractivity contribution >= 4 is 11.6 Å². The Labute approximate surface area is 202 Å².